The lowest BCUT2D eigenvalue weighted by atomic mass is 10.1. The fraction of sp³-hybridized carbons (Fsp3) is 0.179. The Hall–Kier alpha value is -3.47. The van der Waals surface area contributed by atoms with Crippen LogP contribution in [0.4, 0.5) is 4.79 Å². The van der Waals surface area contributed by atoms with Crippen molar-refractivity contribution >= 4 is 62.5 Å². The summed E-state index contributed by atoms with van der Waals surface area (Å²) in [7, 11) is 1.54. The molecule has 0 unspecified atom stereocenters. The average molecular weight is 633 g/mol. The second-order valence-corrected chi connectivity index (χ2v) is 10.3. The van der Waals surface area contributed by atoms with Gasteiger partial charge in [-0.05, 0) is 94.8 Å². The van der Waals surface area contributed by atoms with Crippen LogP contribution in [0.5, 0.6) is 23.0 Å². The zero-order chi connectivity index (χ0) is 27.9. The van der Waals surface area contributed by atoms with E-state index in [9.17, 15) is 14.4 Å². The van der Waals surface area contributed by atoms with Gasteiger partial charge >= 0.3 is 5.97 Å². The summed E-state index contributed by atoms with van der Waals surface area (Å²) in [6.07, 6.45) is 1.59. The summed E-state index contributed by atoms with van der Waals surface area (Å²) in [6, 6.07) is 16.7. The Morgan fingerprint density at radius 2 is 1.74 bits per heavy atom. The molecular formula is C28H23BrClNO7S. The summed E-state index contributed by atoms with van der Waals surface area (Å²) < 4.78 is 22.7. The molecule has 11 heteroatoms. The number of esters is 1. The highest BCUT2D eigenvalue weighted by molar-refractivity contribution is 9.10. The highest BCUT2D eigenvalue weighted by Gasteiger charge is 2.35. The lowest BCUT2D eigenvalue weighted by Gasteiger charge is -2.15. The van der Waals surface area contributed by atoms with Crippen molar-refractivity contribution in [1.82, 2.24) is 4.90 Å². The first-order valence-corrected chi connectivity index (χ1v) is 13.7. The van der Waals surface area contributed by atoms with E-state index in [1.54, 1.807) is 67.6 Å². The fourth-order valence-corrected chi connectivity index (χ4v) is 5.13. The topological polar surface area (TPSA) is 91.4 Å². The molecule has 1 aliphatic heterocycles. The van der Waals surface area contributed by atoms with Crippen LogP contribution in [0, 0.1) is 0 Å². The molecule has 1 heterocycles. The number of imide groups is 1. The summed E-state index contributed by atoms with van der Waals surface area (Å²) in [5.41, 5.74) is 0.897. The third-order valence-electron chi connectivity index (χ3n) is 5.42. The predicted octanol–water partition coefficient (Wildman–Crippen LogP) is 6.84. The van der Waals surface area contributed by atoms with Gasteiger partial charge in [-0.15, -0.1) is 0 Å². The van der Waals surface area contributed by atoms with E-state index in [4.69, 9.17) is 30.5 Å². The SMILES string of the molecule is CCOc1cc(/C=C2\SC(=O)N(CCOc3ccccc3OC)C2=O)cc(Br)c1OC(=O)c1ccc(Cl)cc1. The Morgan fingerprint density at radius 3 is 2.44 bits per heavy atom. The van der Waals surface area contributed by atoms with Gasteiger partial charge in [-0.2, -0.15) is 0 Å². The molecule has 3 aromatic rings. The molecule has 1 saturated heterocycles. The molecule has 1 fully saturated rings. The van der Waals surface area contributed by atoms with Gasteiger partial charge in [0.1, 0.15) is 6.61 Å². The lowest BCUT2D eigenvalue weighted by molar-refractivity contribution is -0.123. The van der Waals surface area contributed by atoms with Crippen LogP contribution in [-0.4, -0.2) is 48.9 Å². The molecule has 0 spiro atoms. The Kier molecular flexibility index (Phi) is 9.55. The van der Waals surface area contributed by atoms with Crippen molar-refractivity contribution in [2.75, 3.05) is 26.9 Å². The van der Waals surface area contributed by atoms with E-state index in [-0.39, 0.29) is 23.8 Å². The van der Waals surface area contributed by atoms with Crippen molar-refractivity contribution in [1.29, 1.82) is 0 Å². The standard InChI is InChI=1S/C28H23BrClNO7S/c1-3-36-23-15-17(14-20(29)25(23)38-27(33)18-8-10-19(30)11-9-18)16-24-26(32)31(28(34)39-24)12-13-37-22-7-5-4-6-21(22)35-2/h4-11,14-16H,3,12-13H2,1-2H3/b24-16-. The minimum absolute atomic E-state index is 0.0769. The molecule has 0 atom stereocenters. The molecule has 0 bridgehead atoms. The number of carbonyl (C=O) groups is 3. The second kappa shape index (κ2) is 13.1. The van der Waals surface area contributed by atoms with Crippen molar-refractivity contribution in [3.05, 3.63) is 86.2 Å². The highest BCUT2D eigenvalue weighted by Crippen LogP contribution is 2.40. The van der Waals surface area contributed by atoms with Crippen LogP contribution >= 0.6 is 39.3 Å². The molecule has 0 saturated carbocycles. The molecule has 0 N–H and O–H groups in total. The Labute approximate surface area is 242 Å². The van der Waals surface area contributed by atoms with Gasteiger partial charge in [0.15, 0.2) is 23.0 Å². The van der Waals surface area contributed by atoms with Crippen LogP contribution in [0.1, 0.15) is 22.8 Å². The first-order valence-electron chi connectivity index (χ1n) is 11.8. The van der Waals surface area contributed by atoms with E-state index in [0.29, 0.717) is 44.5 Å². The fourth-order valence-electron chi connectivity index (χ4n) is 3.60. The molecule has 1 aliphatic rings. The summed E-state index contributed by atoms with van der Waals surface area (Å²) in [5.74, 6) is 0.552. The number of rotatable bonds is 10. The number of thioether (sulfide) groups is 1. The molecule has 0 aromatic heterocycles. The van der Waals surface area contributed by atoms with Crippen LogP contribution in [0.25, 0.3) is 6.08 Å². The minimum Gasteiger partial charge on any atom is -0.493 e. The number of nitrogens with zero attached hydrogens (tertiary/aromatic N) is 1. The van der Waals surface area contributed by atoms with E-state index in [0.717, 1.165) is 16.7 Å². The molecule has 3 aromatic carbocycles. The van der Waals surface area contributed by atoms with E-state index in [1.165, 1.54) is 7.11 Å². The van der Waals surface area contributed by atoms with Crippen LogP contribution in [0.3, 0.4) is 0 Å². The van der Waals surface area contributed by atoms with Gasteiger partial charge in [0.2, 0.25) is 0 Å². The van der Waals surface area contributed by atoms with Crippen molar-refractivity contribution in [3.63, 3.8) is 0 Å². The van der Waals surface area contributed by atoms with Crippen LogP contribution < -0.4 is 18.9 Å². The maximum atomic E-state index is 13.0. The van der Waals surface area contributed by atoms with Crippen molar-refractivity contribution in [3.8, 4) is 23.0 Å². The number of hydrogen-bond acceptors (Lipinski definition) is 8. The molecule has 2 amide bonds. The average Bonchev–Trinajstić information content (AvgIpc) is 3.18. The third-order valence-corrected chi connectivity index (χ3v) is 7.17. The van der Waals surface area contributed by atoms with Gasteiger partial charge < -0.3 is 18.9 Å². The Bertz CT molecular complexity index is 1430. The van der Waals surface area contributed by atoms with E-state index < -0.39 is 17.1 Å². The van der Waals surface area contributed by atoms with Crippen LogP contribution in [-0.2, 0) is 4.79 Å². The van der Waals surface area contributed by atoms with Gasteiger partial charge in [0, 0.05) is 5.02 Å². The zero-order valence-corrected chi connectivity index (χ0v) is 24.1. The monoisotopic (exact) mass is 631 g/mol. The first kappa shape index (κ1) is 28.5. The largest absolute Gasteiger partial charge is 0.493 e. The normalized spacial score (nSPS) is 14.1. The lowest BCUT2D eigenvalue weighted by Crippen LogP contribution is -2.32. The zero-order valence-electron chi connectivity index (χ0n) is 20.9. The highest BCUT2D eigenvalue weighted by atomic mass is 79.9. The number of halogens is 2. The number of hydrogen-bond donors (Lipinski definition) is 0. The van der Waals surface area contributed by atoms with Crippen molar-refractivity contribution in [2.24, 2.45) is 0 Å². The molecule has 202 valence electrons. The van der Waals surface area contributed by atoms with Gasteiger partial charge in [-0.25, -0.2) is 4.79 Å². The Morgan fingerprint density at radius 1 is 1.03 bits per heavy atom. The molecule has 39 heavy (non-hydrogen) atoms. The molecular weight excluding hydrogens is 610 g/mol. The smallest absolute Gasteiger partial charge is 0.343 e. The van der Waals surface area contributed by atoms with Crippen molar-refractivity contribution in [2.45, 2.75) is 6.92 Å². The van der Waals surface area contributed by atoms with Crippen LogP contribution in [0.15, 0.2) is 70.0 Å². The maximum Gasteiger partial charge on any atom is 0.343 e. The van der Waals surface area contributed by atoms with E-state index in [2.05, 4.69) is 15.9 Å². The quantitative estimate of drug-likeness (QED) is 0.136. The number of methoxy groups -OCH3 is 1. The van der Waals surface area contributed by atoms with Crippen molar-refractivity contribution < 1.29 is 33.3 Å². The van der Waals surface area contributed by atoms with Gasteiger partial charge in [-0.3, -0.25) is 14.5 Å². The minimum atomic E-state index is -0.586. The molecule has 0 radical (unpaired) electrons. The Balaban J connectivity index is 1.49. The molecule has 4 rings (SSSR count). The summed E-state index contributed by atoms with van der Waals surface area (Å²) in [4.78, 5) is 39.6. The first-order chi connectivity index (χ1) is 18.8. The van der Waals surface area contributed by atoms with Gasteiger partial charge in [0.25, 0.3) is 11.1 Å². The number of benzene rings is 3. The van der Waals surface area contributed by atoms with E-state index in [1.807, 2.05) is 6.07 Å². The second-order valence-electron chi connectivity index (χ2n) is 7.99. The number of carbonyl (C=O) groups excluding carboxylic acids is 3. The third kappa shape index (κ3) is 6.95. The predicted molar refractivity (Wildman–Crippen MR) is 153 cm³/mol. The number of ether oxygens (including phenoxy) is 4. The van der Waals surface area contributed by atoms with Crippen LogP contribution in [0.2, 0.25) is 5.02 Å². The number of amides is 2. The van der Waals surface area contributed by atoms with Gasteiger partial charge in [-0.1, -0.05) is 23.7 Å². The van der Waals surface area contributed by atoms with Gasteiger partial charge in [0.05, 0.1) is 35.2 Å². The number of para-hydroxylation sites is 2. The summed E-state index contributed by atoms with van der Waals surface area (Å²) >= 11 is 10.2. The molecule has 8 nitrogen and oxygen atoms in total. The molecule has 0 aliphatic carbocycles. The summed E-state index contributed by atoms with van der Waals surface area (Å²) in [6.45, 7) is 2.29. The maximum absolute atomic E-state index is 13.0. The van der Waals surface area contributed by atoms with E-state index >= 15 is 0 Å². The summed E-state index contributed by atoms with van der Waals surface area (Å²) in [5, 5.41) is 0.105.